The number of nitrogens with one attached hydrogen (secondary N) is 1. The van der Waals surface area contributed by atoms with Crippen LogP contribution in [0.5, 0.6) is 0 Å². The molecule has 4 radical (unpaired) electrons. The van der Waals surface area contributed by atoms with Gasteiger partial charge in [-0.2, -0.15) is 0 Å². The third-order valence-corrected chi connectivity index (χ3v) is 2.84. The monoisotopic (exact) mass is 263 g/mol. The highest BCUT2D eigenvalue weighted by Crippen LogP contribution is 2.27. The van der Waals surface area contributed by atoms with E-state index in [4.69, 9.17) is 16.7 Å². The van der Waals surface area contributed by atoms with Gasteiger partial charge in [-0.15, -0.1) is 0 Å². The molecule has 2 N–H and O–H groups in total. The number of anilines is 2. The number of carboxylic acid groups (broad SMARTS) is 1. The Hall–Kier alpha value is -2.00. The van der Waals surface area contributed by atoms with Crippen LogP contribution >= 0.6 is 11.6 Å². The molecule has 0 bridgehead atoms. The second-order valence-electron chi connectivity index (χ2n) is 3.59. The van der Waals surface area contributed by atoms with Gasteiger partial charge in [-0.25, -0.2) is 4.79 Å². The van der Waals surface area contributed by atoms with E-state index >= 15 is 0 Å². The molecule has 0 saturated heterocycles. The predicted octanol–water partition coefficient (Wildman–Crippen LogP) is 3.29. The molecule has 0 aromatic heterocycles. The zero-order chi connectivity index (χ0) is 13.1. The lowest BCUT2D eigenvalue weighted by molar-refractivity contribution is 0.0697. The molecule has 4 heteroatoms. The third kappa shape index (κ3) is 2.46. The van der Waals surface area contributed by atoms with Crippen molar-refractivity contribution in [1.29, 1.82) is 0 Å². The number of hydrogen-bond donors (Lipinski definition) is 2. The molecule has 0 unspecified atom stereocenters. The van der Waals surface area contributed by atoms with Crippen LogP contribution in [0.25, 0.3) is 0 Å². The second-order valence-corrected chi connectivity index (χ2v) is 4.00. The van der Waals surface area contributed by atoms with Crippen molar-refractivity contribution in [2.75, 3.05) is 5.32 Å². The molecule has 2 aromatic carbocycles. The first-order chi connectivity index (χ1) is 8.59. The second kappa shape index (κ2) is 5.10. The molecule has 0 amide bonds. The Morgan fingerprint density at radius 1 is 1.33 bits per heavy atom. The fourth-order valence-electron chi connectivity index (χ4n) is 1.44. The van der Waals surface area contributed by atoms with Crippen molar-refractivity contribution in [1.82, 2.24) is 0 Å². The molecule has 0 aliphatic heterocycles. The maximum atomic E-state index is 11.0. The van der Waals surface area contributed by atoms with Gasteiger partial charge in [0, 0.05) is 35.0 Å². The van der Waals surface area contributed by atoms with Gasteiger partial charge in [-0.3, -0.25) is 0 Å². The summed E-state index contributed by atoms with van der Waals surface area (Å²) < 4.78 is 0. The Bertz CT molecular complexity index is 596. The van der Waals surface area contributed by atoms with Gasteiger partial charge in [0.15, 0.2) is 0 Å². The van der Waals surface area contributed by atoms with Crippen molar-refractivity contribution in [2.45, 2.75) is 6.92 Å². The number of hydrogen-bond acceptors (Lipinski definition) is 2. The van der Waals surface area contributed by atoms with Crippen LogP contribution in [-0.4, -0.2) is 11.1 Å². The van der Waals surface area contributed by atoms with Crippen molar-refractivity contribution in [2.24, 2.45) is 0 Å². The average Bonchev–Trinajstić information content (AvgIpc) is 2.35. The summed E-state index contributed by atoms with van der Waals surface area (Å²) in [4.78, 5) is 11.0. The van der Waals surface area contributed by atoms with Crippen LogP contribution in [0, 0.1) is 31.2 Å². The van der Waals surface area contributed by atoms with E-state index in [2.05, 4.69) is 29.6 Å². The normalized spacial score (nSPS) is 10.1. The van der Waals surface area contributed by atoms with Gasteiger partial charge in [-0.1, -0.05) is 17.7 Å². The van der Waals surface area contributed by atoms with Crippen LogP contribution in [0.4, 0.5) is 11.4 Å². The fourth-order valence-corrected chi connectivity index (χ4v) is 1.62. The minimum absolute atomic E-state index is 0.0341. The van der Waals surface area contributed by atoms with Gasteiger partial charge >= 0.3 is 5.97 Å². The van der Waals surface area contributed by atoms with Crippen molar-refractivity contribution in [3.63, 3.8) is 0 Å². The lowest BCUT2D eigenvalue weighted by Crippen LogP contribution is -2.03. The molecule has 0 atom stereocenters. The summed E-state index contributed by atoms with van der Waals surface area (Å²) in [5.41, 5.74) is 1.80. The summed E-state index contributed by atoms with van der Waals surface area (Å²) in [6.45, 7) is 1.84. The molecule has 2 aromatic rings. The molecule has 2 rings (SSSR count). The minimum atomic E-state index is -1.10. The number of carbonyl (C=O) groups is 1. The first kappa shape index (κ1) is 12.5. The number of rotatable bonds is 3. The molecular formula is C14H8ClNO2. The number of carboxylic acids is 1. The Labute approximate surface area is 110 Å². The van der Waals surface area contributed by atoms with Crippen LogP contribution in [-0.2, 0) is 0 Å². The summed E-state index contributed by atoms with van der Waals surface area (Å²) in [7, 11) is 0. The van der Waals surface area contributed by atoms with Crippen LogP contribution in [0.15, 0.2) is 18.2 Å². The Kier molecular flexibility index (Phi) is 3.53. The van der Waals surface area contributed by atoms with Crippen LogP contribution in [0.2, 0.25) is 5.02 Å². The first-order valence-electron chi connectivity index (χ1n) is 5.11. The molecule has 0 saturated carbocycles. The topological polar surface area (TPSA) is 49.3 Å². The molecule has 0 aliphatic rings. The minimum Gasteiger partial charge on any atom is -0.478 e. The summed E-state index contributed by atoms with van der Waals surface area (Å²) in [6, 6.07) is 15.5. The maximum Gasteiger partial charge on any atom is 0.338 e. The predicted molar refractivity (Wildman–Crippen MR) is 68.2 cm³/mol. The molecule has 0 heterocycles. The summed E-state index contributed by atoms with van der Waals surface area (Å²) >= 11 is 5.99. The number of benzene rings is 2. The largest absolute Gasteiger partial charge is 0.478 e. The van der Waals surface area contributed by atoms with Crippen molar-refractivity contribution >= 4 is 28.9 Å². The van der Waals surface area contributed by atoms with Gasteiger partial charge in [-0.05, 0) is 24.6 Å². The summed E-state index contributed by atoms with van der Waals surface area (Å²) in [6.07, 6.45) is 0. The molecule has 0 spiro atoms. The quantitative estimate of drug-likeness (QED) is 0.893. The van der Waals surface area contributed by atoms with Crippen LogP contribution in [0.3, 0.4) is 0 Å². The van der Waals surface area contributed by atoms with Gasteiger partial charge in [0.25, 0.3) is 0 Å². The van der Waals surface area contributed by atoms with Gasteiger partial charge in [0.2, 0.25) is 0 Å². The van der Waals surface area contributed by atoms with E-state index in [1.165, 1.54) is 0 Å². The molecule has 3 nitrogen and oxygen atoms in total. The zero-order valence-electron chi connectivity index (χ0n) is 9.47. The Morgan fingerprint density at radius 2 is 2.06 bits per heavy atom. The number of halogens is 1. The van der Waals surface area contributed by atoms with Crippen LogP contribution in [0.1, 0.15) is 15.9 Å². The average molecular weight is 264 g/mol. The molecule has 0 aliphatic carbocycles. The highest BCUT2D eigenvalue weighted by atomic mass is 35.5. The fraction of sp³-hybridized carbons (Fsp3) is 0.0714. The van der Waals surface area contributed by atoms with Gasteiger partial charge < -0.3 is 10.4 Å². The molecule has 0 fully saturated rings. The van der Waals surface area contributed by atoms with E-state index < -0.39 is 5.97 Å². The van der Waals surface area contributed by atoms with E-state index in [0.717, 1.165) is 5.56 Å². The Balaban J connectivity index is 2.40. The zero-order valence-corrected chi connectivity index (χ0v) is 10.2. The van der Waals surface area contributed by atoms with E-state index in [1.54, 1.807) is 18.2 Å². The molecular weight excluding hydrogens is 256 g/mol. The SMILES string of the molecule is Cc1c(Cl)cccc1N[13c]1[13c][13c][13c][13c][13c]1C(=O)O. The first-order valence-corrected chi connectivity index (χ1v) is 5.49. The summed E-state index contributed by atoms with van der Waals surface area (Å²) in [5, 5.41) is 12.6. The lowest BCUT2D eigenvalue weighted by Gasteiger charge is -2.11. The van der Waals surface area contributed by atoms with E-state index in [0.29, 0.717) is 10.7 Å². The van der Waals surface area contributed by atoms with Crippen molar-refractivity contribution in [3.05, 3.63) is 58.6 Å². The summed E-state index contributed by atoms with van der Waals surface area (Å²) in [5.74, 6) is -1.10. The van der Waals surface area contributed by atoms with E-state index in [-0.39, 0.29) is 11.3 Å². The highest BCUT2D eigenvalue weighted by molar-refractivity contribution is 6.31. The number of aromatic carboxylic acids is 1. The van der Waals surface area contributed by atoms with Crippen molar-refractivity contribution < 1.29 is 9.90 Å². The van der Waals surface area contributed by atoms with Gasteiger partial charge in [0.05, 0.1) is 11.3 Å². The van der Waals surface area contributed by atoms with E-state index in [1.807, 2.05) is 6.92 Å². The standard InChI is InChI=1S/C14H8ClNO2/c1-9-11(15)6-4-8-12(9)16-13-7-3-2-5-10(13)14(17)18/h4,6,8,16H,1H3,(H,17,18)/i2+1,3+1,5+1,7+1,10+1,13+1. The third-order valence-electron chi connectivity index (χ3n) is 2.43. The lowest BCUT2D eigenvalue weighted by atomic mass is 10.2. The molecule has 18 heavy (non-hydrogen) atoms. The smallest absolute Gasteiger partial charge is 0.338 e. The Morgan fingerprint density at radius 3 is 2.78 bits per heavy atom. The van der Waals surface area contributed by atoms with Crippen LogP contribution < -0.4 is 5.32 Å². The highest BCUT2D eigenvalue weighted by Gasteiger charge is 2.11. The van der Waals surface area contributed by atoms with Gasteiger partial charge in [0.1, 0.15) is 0 Å². The van der Waals surface area contributed by atoms with E-state index in [9.17, 15) is 4.79 Å². The maximum absolute atomic E-state index is 11.0. The molecule has 88 valence electrons. The van der Waals surface area contributed by atoms with Crippen molar-refractivity contribution in [3.8, 4) is 0 Å².